The smallest absolute Gasteiger partial charge is 0.343 e. The van der Waals surface area contributed by atoms with E-state index in [0.29, 0.717) is 28.2 Å². The Morgan fingerprint density at radius 2 is 1.61 bits per heavy atom. The summed E-state index contributed by atoms with van der Waals surface area (Å²) >= 11 is 2.06. The molecule has 0 radical (unpaired) electrons. The van der Waals surface area contributed by atoms with Crippen LogP contribution in [0.5, 0.6) is 11.5 Å². The molecule has 0 saturated carbocycles. The van der Waals surface area contributed by atoms with Gasteiger partial charge < -0.3 is 14.8 Å². The molecule has 0 saturated heterocycles. The molecule has 0 aromatic heterocycles. The van der Waals surface area contributed by atoms with Gasteiger partial charge in [-0.3, -0.25) is 9.59 Å². The number of hydrazone groups is 1. The van der Waals surface area contributed by atoms with Gasteiger partial charge in [-0.15, -0.1) is 0 Å². The van der Waals surface area contributed by atoms with E-state index in [1.165, 1.54) is 6.21 Å². The predicted octanol–water partition coefficient (Wildman–Crippen LogP) is 3.40. The number of nitrogens with one attached hydrogen (secondary N) is 2. The van der Waals surface area contributed by atoms with Gasteiger partial charge in [0, 0.05) is 3.57 Å². The summed E-state index contributed by atoms with van der Waals surface area (Å²) in [6, 6.07) is 20.3. The summed E-state index contributed by atoms with van der Waals surface area (Å²) in [5, 5.41) is 6.42. The van der Waals surface area contributed by atoms with Crippen molar-refractivity contribution in [3.63, 3.8) is 0 Å². The number of ether oxygens (including phenoxy) is 2. The molecule has 33 heavy (non-hydrogen) atoms. The van der Waals surface area contributed by atoms with Crippen LogP contribution in [0, 0.1) is 3.57 Å². The number of hydrogen-bond donors (Lipinski definition) is 2. The first-order valence-corrected chi connectivity index (χ1v) is 10.8. The second-order valence-electron chi connectivity index (χ2n) is 6.64. The Balaban J connectivity index is 1.45. The van der Waals surface area contributed by atoms with Crippen LogP contribution in [-0.4, -0.2) is 37.7 Å². The fourth-order valence-electron chi connectivity index (χ4n) is 2.63. The van der Waals surface area contributed by atoms with E-state index in [-0.39, 0.29) is 12.5 Å². The SMILES string of the molecule is COc1ccc(C(=O)Oc2ccc(C=NNC(=O)CNC(=O)c3ccccc3I)cc2)cc1. The van der Waals surface area contributed by atoms with Crippen molar-refractivity contribution in [3.8, 4) is 11.5 Å². The summed E-state index contributed by atoms with van der Waals surface area (Å²) < 4.78 is 11.2. The molecule has 0 spiro atoms. The zero-order valence-corrected chi connectivity index (χ0v) is 19.7. The second kappa shape index (κ2) is 11.8. The van der Waals surface area contributed by atoms with Crippen LogP contribution in [0.1, 0.15) is 26.3 Å². The molecule has 0 heterocycles. The van der Waals surface area contributed by atoms with Gasteiger partial charge in [0.1, 0.15) is 11.5 Å². The molecular formula is C24H20IN3O5. The summed E-state index contributed by atoms with van der Waals surface area (Å²) in [7, 11) is 1.55. The summed E-state index contributed by atoms with van der Waals surface area (Å²) in [6.45, 7) is -0.207. The Labute approximate surface area is 204 Å². The van der Waals surface area contributed by atoms with E-state index in [1.54, 1.807) is 67.8 Å². The molecule has 168 valence electrons. The van der Waals surface area contributed by atoms with Crippen LogP contribution in [-0.2, 0) is 4.79 Å². The van der Waals surface area contributed by atoms with E-state index in [4.69, 9.17) is 9.47 Å². The molecule has 3 aromatic carbocycles. The first kappa shape index (κ1) is 23.9. The molecule has 0 atom stereocenters. The van der Waals surface area contributed by atoms with Crippen molar-refractivity contribution in [2.24, 2.45) is 5.10 Å². The normalized spacial score (nSPS) is 10.5. The van der Waals surface area contributed by atoms with E-state index in [1.807, 2.05) is 12.1 Å². The van der Waals surface area contributed by atoms with Crippen molar-refractivity contribution >= 4 is 46.6 Å². The maximum atomic E-state index is 12.2. The Hall–Kier alpha value is -3.73. The zero-order valence-electron chi connectivity index (χ0n) is 17.6. The van der Waals surface area contributed by atoms with Gasteiger partial charge in [-0.1, -0.05) is 12.1 Å². The highest BCUT2D eigenvalue weighted by atomic mass is 127. The van der Waals surface area contributed by atoms with Gasteiger partial charge in [-0.2, -0.15) is 5.10 Å². The number of benzene rings is 3. The third-order valence-electron chi connectivity index (χ3n) is 4.35. The highest BCUT2D eigenvalue weighted by molar-refractivity contribution is 14.1. The van der Waals surface area contributed by atoms with Crippen LogP contribution in [0.25, 0.3) is 0 Å². The maximum Gasteiger partial charge on any atom is 0.343 e. The van der Waals surface area contributed by atoms with Gasteiger partial charge in [0.2, 0.25) is 0 Å². The zero-order chi connectivity index (χ0) is 23.6. The minimum atomic E-state index is -0.487. The van der Waals surface area contributed by atoms with Gasteiger partial charge in [-0.05, 0) is 88.8 Å². The average molecular weight is 557 g/mol. The number of carbonyl (C=O) groups is 3. The van der Waals surface area contributed by atoms with Crippen LogP contribution in [0.2, 0.25) is 0 Å². The van der Waals surface area contributed by atoms with E-state index in [9.17, 15) is 14.4 Å². The number of amides is 2. The predicted molar refractivity (Wildman–Crippen MR) is 132 cm³/mol. The van der Waals surface area contributed by atoms with Crippen LogP contribution in [0.3, 0.4) is 0 Å². The van der Waals surface area contributed by atoms with Crippen molar-refractivity contribution in [1.82, 2.24) is 10.7 Å². The van der Waals surface area contributed by atoms with Crippen molar-refractivity contribution in [3.05, 3.63) is 93.1 Å². The Morgan fingerprint density at radius 3 is 2.27 bits per heavy atom. The fraction of sp³-hybridized carbons (Fsp3) is 0.0833. The van der Waals surface area contributed by atoms with Crippen molar-refractivity contribution < 1.29 is 23.9 Å². The van der Waals surface area contributed by atoms with Crippen LogP contribution < -0.4 is 20.2 Å². The van der Waals surface area contributed by atoms with Gasteiger partial charge in [0.05, 0.1) is 31.0 Å². The van der Waals surface area contributed by atoms with Crippen molar-refractivity contribution in [2.45, 2.75) is 0 Å². The number of carbonyl (C=O) groups excluding carboxylic acids is 3. The molecule has 3 aromatic rings. The number of rotatable bonds is 8. The van der Waals surface area contributed by atoms with E-state index in [0.717, 1.165) is 3.57 Å². The standard InChI is InChI=1S/C24H20IN3O5/c1-32-18-12-8-17(9-13-18)24(31)33-19-10-6-16(7-11-19)14-27-28-22(29)15-26-23(30)20-4-2-3-5-21(20)25/h2-14H,15H2,1H3,(H,26,30)(H,28,29). The summed E-state index contributed by atoms with van der Waals surface area (Å²) in [5.74, 6) is -0.265. The first-order valence-electron chi connectivity index (χ1n) is 9.77. The van der Waals surface area contributed by atoms with Crippen LogP contribution in [0.4, 0.5) is 0 Å². The number of nitrogens with zero attached hydrogens (tertiary/aromatic N) is 1. The van der Waals surface area contributed by atoms with Crippen LogP contribution in [0.15, 0.2) is 77.9 Å². The second-order valence-corrected chi connectivity index (χ2v) is 7.80. The molecular weight excluding hydrogens is 537 g/mol. The Kier molecular flexibility index (Phi) is 8.53. The third-order valence-corrected chi connectivity index (χ3v) is 5.29. The highest BCUT2D eigenvalue weighted by Gasteiger charge is 2.11. The molecule has 2 amide bonds. The largest absolute Gasteiger partial charge is 0.497 e. The average Bonchev–Trinajstić information content (AvgIpc) is 2.84. The number of esters is 1. The molecule has 0 aliphatic heterocycles. The van der Waals surface area contributed by atoms with E-state index < -0.39 is 11.9 Å². The molecule has 0 aliphatic rings. The van der Waals surface area contributed by atoms with Gasteiger partial charge in [0.25, 0.3) is 11.8 Å². The number of hydrogen-bond acceptors (Lipinski definition) is 6. The lowest BCUT2D eigenvalue weighted by molar-refractivity contribution is -0.120. The summed E-state index contributed by atoms with van der Waals surface area (Å²) in [5.41, 5.74) is 3.93. The van der Waals surface area contributed by atoms with Crippen LogP contribution >= 0.6 is 22.6 Å². The lowest BCUT2D eigenvalue weighted by Crippen LogP contribution is -2.35. The lowest BCUT2D eigenvalue weighted by atomic mass is 10.2. The van der Waals surface area contributed by atoms with E-state index in [2.05, 4.69) is 38.4 Å². The summed E-state index contributed by atoms with van der Waals surface area (Å²) in [4.78, 5) is 36.2. The molecule has 2 N–H and O–H groups in total. The highest BCUT2D eigenvalue weighted by Crippen LogP contribution is 2.16. The molecule has 9 heteroatoms. The molecule has 8 nitrogen and oxygen atoms in total. The topological polar surface area (TPSA) is 106 Å². The number of methoxy groups -OCH3 is 1. The van der Waals surface area contributed by atoms with Gasteiger partial charge in [0.15, 0.2) is 0 Å². The Morgan fingerprint density at radius 1 is 0.939 bits per heavy atom. The monoisotopic (exact) mass is 557 g/mol. The number of halogens is 1. The minimum absolute atomic E-state index is 0.207. The van der Waals surface area contributed by atoms with Crippen molar-refractivity contribution in [2.75, 3.05) is 13.7 Å². The maximum absolute atomic E-state index is 12.2. The molecule has 0 aliphatic carbocycles. The van der Waals surface area contributed by atoms with Crippen molar-refractivity contribution in [1.29, 1.82) is 0 Å². The van der Waals surface area contributed by atoms with Gasteiger partial charge in [-0.25, -0.2) is 10.2 Å². The fourth-order valence-corrected chi connectivity index (χ4v) is 3.27. The molecule has 0 unspecified atom stereocenters. The van der Waals surface area contributed by atoms with E-state index >= 15 is 0 Å². The minimum Gasteiger partial charge on any atom is -0.497 e. The Bertz CT molecular complexity index is 1160. The molecule has 3 rings (SSSR count). The quantitative estimate of drug-likeness (QED) is 0.145. The lowest BCUT2D eigenvalue weighted by Gasteiger charge is -2.06. The molecule has 0 bridgehead atoms. The third kappa shape index (κ3) is 7.14. The summed E-state index contributed by atoms with van der Waals surface area (Å²) in [6.07, 6.45) is 1.44. The molecule has 0 fully saturated rings. The van der Waals surface area contributed by atoms with Gasteiger partial charge >= 0.3 is 5.97 Å². The first-order chi connectivity index (χ1) is 16.0.